The first-order chi connectivity index (χ1) is 17.0. The number of nitrogens with two attached hydrogens (primary N) is 1. The highest BCUT2D eigenvalue weighted by Crippen LogP contribution is 2.30. The number of hydrogen-bond donors (Lipinski definition) is 2. The van der Waals surface area contributed by atoms with Gasteiger partial charge in [-0.15, -0.1) is 6.42 Å². The van der Waals surface area contributed by atoms with E-state index in [1.165, 1.54) is 6.08 Å². The Labute approximate surface area is 201 Å². The fourth-order valence-electron chi connectivity index (χ4n) is 3.70. The predicted octanol–water partition coefficient (Wildman–Crippen LogP) is 4.24. The number of halogens is 2. The third-order valence-electron chi connectivity index (χ3n) is 5.55. The number of nitrogens with one attached hydrogen (secondary N) is 1. The van der Waals surface area contributed by atoms with Crippen molar-refractivity contribution in [3.8, 4) is 29.5 Å². The second-order valence-corrected chi connectivity index (χ2v) is 7.73. The Morgan fingerprint density at radius 1 is 1.34 bits per heavy atom. The summed E-state index contributed by atoms with van der Waals surface area (Å²) in [7, 11) is 1.73. The number of hydrogen-bond acceptors (Lipinski definition) is 5. The maximum absolute atomic E-state index is 13.2. The normalized spacial score (nSPS) is 12.6. The summed E-state index contributed by atoms with van der Waals surface area (Å²) in [5, 5.41) is 21.8. The van der Waals surface area contributed by atoms with Gasteiger partial charge >= 0.3 is 0 Å². The first-order valence-corrected chi connectivity index (χ1v) is 10.9. The number of nitrogens with zero attached hydrogens (tertiary/aromatic N) is 4. The van der Waals surface area contributed by atoms with Crippen molar-refractivity contribution < 1.29 is 8.78 Å². The van der Waals surface area contributed by atoms with Gasteiger partial charge in [0.25, 0.3) is 5.56 Å². The maximum atomic E-state index is 13.2. The number of fused-ring (bicyclic) bond motifs is 1. The van der Waals surface area contributed by atoms with E-state index in [1.807, 2.05) is 0 Å². The lowest BCUT2D eigenvalue weighted by Crippen LogP contribution is -2.13. The standard InChI is InChI=1S/C26H24F2N6O/c1-3-17(13-28)10-18(6-4-5-9-27)20(14-29)12-25-23(16-31-34(25)2)19-7-8-21-22(11-19)24(15-30)32-33-26(21)35/h1,7-8,10-13,16H,4-6,9,15,30H2,2H3,(H,33,35)/b17-13+,18-10-,20-12+. The van der Waals surface area contributed by atoms with Gasteiger partial charge in [0.2, 0.25) is 0 Å². The number of terminal acetylenes is 1. The molecule has 3 N–H and O–H groups in total. The lowest BCUT2D eigenvalue weighted by molar-refractivity contribution is 0.462. The highest BCUT2D eigenvalue weighted by molar-refractivity contribution is 5.89. The molecule has 7 nitrogen and oxygen atoms in total. The van der Waals surface area contributed by atoms with Crippen LogP contribution in [-0.2, 0) is 13.6 Å². The van der Waals surface area contributed by atoms with Crippen molar-refractivity contribution in [1.82, 2.24) is 20.0 Å². The van der Waals surface area contributed by atoms with Crippen LogP contribution in [0.3, 0.4) is 0 Å². The number of aryl methyl sites for hydroxylation is 1. The van der Waals surface area contributed by atoms with Gasteiger partial charge in [-0.3, -0.25) is 13.9 Å². The van der Waals surface area contributed by atoms with Crippen LogP contribution < -0.4 is 11.3 Å². The van der Waals surface area contributed by atoms with E-state index in [9.17, 15) is 18.8 Å². The van der Waals surface area contributed by atoms with E-state index in [0.717, 1.165) is 5.56 Å². The summed E-state index contributed by atoms with van der Waals surface area (Å²) in [6.07, 6.45) is 11.5. The number of allylic oxidation sites excluding steroid dienone is 4. The molecule has 0 saturated heterocycles. The zero-order valence-electron chi connectivity index (χ0n) is 19.2. The third kappa shape index (κ3) is 5.60. The van der Waals surface area contributed by atoms with Crippen LogP contribution in [0.25, 0.3) is 28.0 Å². The fourth-order valence-corrected chi connectivity index (χ4v) is 3.70. The number of aromatic nitrogens is 4. The second kappa shape index (κ2) is 11.7. The molecule has 1 aromatic carbocycles. The molecule has 0 aliphatic heterocycles. The molecule has 0 atom stereocenters. The van der Waals surface area contributed by atoms with Crippen molar-refractivity contribution in [2.24, 2.45) is 12.8 Å². The van der Waals surface area contributed by atoms with Gasteiger partial charge in [0.05, 0.1) is 46.9 Å². The topological polar surface area (TPSA) is 113 Å². The molecule has 0 bridgehead atoms. The molecule has 2 heterocycles. The minimum absolute atomic E-state index is 0.0202. The number of nitriles is 1. The van der Waals surface area contributed by atoms with Gasteiger partial charge < -0.3 is 5.73 Å². The summed E-state index contributed by atoms with van der Waals surface area (Å²) < 4.78 is 27.4. The number of H-pyrrole nitrogens is 1. The van der Waals surface area contributed by atoms with Crippen molar-refractivity contribution in [3.05, 3.63) is 75.3 Å². The molecule has 0 radical (unpaired) electrons. The minimum atomic E-state index is -0.490. The SMILES string of the molecule is C#CC(=C\F)/C=C(CCCCF)\C(C#N)=C\c1c(-c2ccc3c(=O)[nH]nc(CN)c3c2)cnn1C. The van der Waals surface area contributed by atoms with E-state index in [1.54, 1.807) is 42.2 Å². The summed E-state index contributed by atoms with van der Waals surface area (Å²) in [5.74, 6) is 2.23. The Morgan fingerprint density at radius 3 is 2.80 bits per heavy atom. The highest BCUT2D eigenvalue weighted by Gasteiger charge is 2.15. The molecule has 0 spiro atoms. The van der Waals surface area contributed by atoms with E-state index >= 15 is 0 Å². The van der Waals surface area contributed by atoms with Gasteiger partial charge in [-0.1, -0.05) is 12.0 Å². The van der Waals surface area contributed by atoms with Crippen LogP contribution in [-0.4, -0.2) is 26.7 Å². The van der Waals surface area contributed by atoms with Gasteiger partial charge in [0, 0.05) is 24.5 Å². The number of unbranched alkanes of at least 4 members (excludes halogenated alkanes) is 1. The first kappa shape index (κ1) is 25.3. The van der Waals surface area contributed by atoms with Gasteiger partial charge in [0.1, 0.15) is 6.33 Å². The van der Waals surface area contributed by atoms with Crippen LogP contribution in [0, 0.1) is 23.7 Å². The first-order valence-electron chi connectivity index (χ1n) is 10.9. The zero-order valence-corrected chi connectivity index (χ0v) is 19.2. The van der Waals surface area contributed by atoms with Crippen molar-refractivity contribution in [1.29, 1.82) is 5.26 Å². The lowest BCUT2D eigenvalue weighted by Gasteiger charge is -2.09. The number of benzene rings is 1. The summed E-state index contributed by atoms with van der Waals surface area (Å²) >= 11 is 0. The molecule has 0 amide bonds. The monoisotopic (exact) mass is 474 g/mol. The summed E-state index contributed by atoms with van der Waals surface area (Å²) in [6, 6.07) is 7.42. The Morgan fingerprint density at radius 2 is 2.14 bits per heavy atom. The van der Waals surface area contributed by atoms with Crippen LogP contribution in [0.15, 0.2) is 58.3 Å². The van der Waals surface area contributed by atoms with E-state index in [0.29, 0.717) is 58.9 Å². The highest BCUT2D eigenvalue weighted by atomic mass is 19.1. The minimum Gasteiger partial charge on any atom is -0.325 e. The number of alkyl halides is 1. The Bertz CT molecular complexity index is 1460. The van der Waals surface area contributed by atoms with Gasteiger partial charge in [-0.05, 0) is 54.7 Å². The zero-order chi connectivity index (χ0) is 25.4. The number of aromatic amines is 1. The molecule has 0 saturated carbocycles. The Hall–Kier alpha value is -4.34. The average molecular weight is 475 g/mol. The van der Waals surface area contributed by atoms with Crippen LogP contribution in [0.2, 0.25) is 0 Å². The van der Waals surface area contributed by atoms with Crippen molar-refractivity contribution in [2.45, 2.75) is 25.8 Å². The molecule has 2 aromatic heterocycles. The summed E-state index contributed by atoms with van der Waals surface area (Å²) in [6.45, 7) is -0.349. The molecule has 9 heteroatoms. The lowest BCUT2D eigenvalue weighted by atomic mass is 9.96. The van der Waals surface area contributed by atoms with E-state index < -0.39 is 6.67 Å². The van der Waals surface area contributed by atoms with Crippen LogP contribution in [0.5, 0.6) is 0 Å². The predicted molar refractivity (Wildman–Crippen MR) is 132 cm³/mol. The molecule has 35 heavy (non-hydrogen) atoms. The smallest absolute Gasteiger partial charge is 0.272 e. The molecule has 178 valence electrons. The van der Waals surface area contributed by atoms with Gasteiger partial charge in [0.15, 0.2) is 0 Å². The van der Waals surface area contributed by atoms with E-state index in [4.69, 9.17) is 12.2 Å². The molecular formula is C26H24F2N6O. The molecular weight excluding hydrogens is 450 g/mol. The van der Waals surface area contributed by atoms with Crippen LogP contribution in [0.1, 0.15) is 30.7 Å². The summed E-state index contributed by atoms with van der Waals surface area (Å²) in [5.41, 5.74) is 8.79. The average Bonchev–Trinajstić information content (AvgIpc) is 3.24. The van der Waals surface area contributed by atoms with E-state index in [-0.39, 0.29) is 23.3 Å². The molecule has 0 aliphatic rings. The Kier molecular flexibility index (Phi) is 8.44. The molecule has 0 unspecified atom stereocenters. The molecule has 0 aliphatic carbocycles. The maximum Gasteiger partial charge on any atom is 0.272 e. The van der Waals surface area contributed by atoms with Crippen molar-refractivity contribution in [2.75, 3.05) is 6.67 Å². The van der Waals surface area contributed by atoms with Crippen molar-refractivity contribution >= 4 is 16.8 Å². The Balaban J connectivity index is 2.15. The van der Waals surface area contributed by atoms with Gasteiger partial charge in [-0.25, -0.2) is 9.49 Å². The second-order valence-electron chi connectivity index (χ2n) is 7.73. The number of rotatable bonds is 9. The third-order valence-corrected chi connectivity index (χ3v) is 5.55. The van der Waals surface area contributed by atoms with Gasteiger partial charge in [-0.2, -0.15) is 15.5 Å². The van der Waals surface area contributed by atoms with E-state index in [2.05, 4.69) is 27.3 Å². The van der Waals surface area contributed by atoms with Crippen molar-refractivity contribution in [3.63, 3.8) is 0 Å². The largest absolute Gasteiger partial charge is 0.325 e. The van der Waals surface area contributed by atoms with Crippen LogP contribution >= 0.6 is 0 Å². The van der Waals surface area contributed by atoms with Crippen LogP contribution in [0.4, 0.5) is 8.78 Å². The summed E-state index contributed by atoms with van der Waals surface area (Å²) in [4.78, 5) is 12.2. The molecule has 3 aromatic rings. The quantitative estimate of drug-likeness (QED) is 0.208. The molecule has 3 rings (SSSR count). The fraction of sp³-hybridized carbons (Fsp3) is 0.231. The molecule has 0 fully saturated rings.